The van der Waals surface area contributed by atoms with Gasteiger partial charge < -0.3 is 14.2 Å². The average Bonchev–Trinajstić information content (AvgIpc) is 3.34. The molecule has 1 atom stereocenters. The van der Waals surface area contributed by atoms with Gasteiger partial charge in [0.05, 0.1) is 23.5 Å². The zero-order valence-electron chi connectivity index (χ0n) is 14.6. The molecule has 2 saturated heterocycles. The van der Waals surface area contributed by atoms with Crippen molar-refractivity contribution in [2.45, 2.75) is 19.8 Å². The van der Waals surface area contributed by atoms with Gasteiger partial charge in [-0.3, -0.25) is 9.59 Å². The summed E-state index contributed by atoms with van der Waals surface area (Å²) in [6, 6.07) is 10.8. The number of hydrogen-bond donors (Lipinski definition) is 0. The third-order valence-corrected chi connectivity index (χ3v) is 5.44. The van der Waals surface area contributed by atoms with E-state index in [1.165, 1.54) is 6.26 Å². The summed E-state index contributed by atoms with van der Waals surface area (Å²) in [6.07, 6.45) is 2.79. The number of rotatable bonds is 2. The maximum Gasteiger partial charge on any atom is 0.257 e. The van der Waals surface area contributed by atoms with Gasteiger partial charge in [0.25, 0.3) is 5.91 Å². The molecule has 1 aromatic heterocycles. The first-order valence-electron chi connectivity index (χ1n) is 8.65. The first kappa shape index (κ1) is 16.4. The Labute approximate surface area is 151 Å². The van der Waals surface area contributed by atoms with Crippen LogP contribution in [0.3, 0.4) is 0 Å². The molecule has 1 spiro atoms. The molecule has 2 aromatic rings. The third kappa shape index (κ3) is 2.66. The van der Waals surface area contributed by atoms with Crippen LogP contribution in [0, 0.1) is 23.7 Å². The molecule has 0 N–H and O–H groups in total. The summed E-state index contributed by atoms with van der Waals surface area (Å²) in [5, 5.41) is 8.92. The van der Waals surface area contributed by atoms with Crippen molar-refractivity contribution in [1.82, 2.24) is 4.90 Å². The Morgan fingerprint density at radius 3 is 2.65 bits per heavy atom. The minimum atomic E-state index is -0.196. The van der Waals surface area contributed by atoms with E-state index >= 15 is 0 Å². The first-order valence-corrected chi connectivity index (χ1v) is 8.65. The maximum absolute atomic E-state index is 12.7. The van der Waals surface area contributed by atoms with Crippen LogP contribution in [0.15, 0.2) is 41.0 Å². The quantitative estimate of drug-likeness (QED) is 0.835. The average molecular weight is 349 g/mol. The smallest absolute Gasteiger partial charge is 0.257 e. The lowest BCUT2D eigenvalue weighted by Gasteiger charge is -2.24. The molecule has 6 heteroatoms. The van der Waals surface area contributed by atoms with E-state index in [0.29, 0.717) is 42.9 Å². The summed E-state index contributed by atoms with van der Waals surface area (Å²) in [6.45, 7) is 3.61. The van der Waals surface area contributed by atoms with Crippen LogP contribution in [0.2, 0.25) is 0 Å². The number of aryl methyl sites for hydroxylation is 1. The van der Waals surface area contributed by atoms with E-state index in [1.54, 1.807) is 30.0 Å². The van der Waals surface area contributed by atoms with Gasteiger partial charge in [0, 0.05) is 37.2 Å². The predicted octanol–water partition coefficient (Wildman–Crippen LogP) is 2.73. The lowest BCUT2D eigenvalue weighted by atomic mass is 9.86. The van der Waals surface area contributed by atoms with Crippen LogP contribution in [0.5, 0.6) is 0 Å². The Morgan fingerprint density at radius 2 is 2.00 bits per heavy atom. The molecule has 2 aliphatic heterocycles. The van der Waals surface area contributed by atoms with Gasteiger partial charge >= 0.3 is 0 Å². The Morgan fingerprint density at radius 1 is 1.23 bits per heavy atom. The van der Waals surface area contributed by atoms with Gasteiger partial charge in [-0.05, 0) is 43.7 Å². The van der Waals surface area contributed by atoms with Crippen LogP contribution in [0.1, 0.15) is 34.5 Å². The van der Waals surface area contributed by atoms with Crippen molar-refractivity contribution in [3.05, 3.63) is 53.5 Å². The number of carbonyl (C=O) groups excluding carboxylic acids is 2. The second-order valence-electron chi connectivity index (χ2n) is 7.18. The van der Waals surface area contributed by atoms with Crippen molar-refractivity contribution >= 4 is 17.5 Å². The normalized spacial score (nSPS) is 22.2. The van der Waals surface area contributed by atoms with Gasteiger partial charge in [-0.1, -0.05) is 0 Å². The molecule has 0 aliphatic carbocycles. The van der Waals surface area contributed by atoms with Crippen LogP contribution in [-0.2, 0) is 4.79 Å². The second-order valence-corrected chi connectivity index (χ2v) is 7.18. The predicted molar refractivity (Wildman–Crippen MR) is 94.5 cm³/mol. The van der Waals surface area contributed by atoms with Gasteiger partial charge in [0.15, 0.2) is 0 Å². The Bertz CT molecular complexity index is 909. The van der Waals surface area contributed by atoms with Crippen molar-refractivity contribution in [1.29, 1.82) is 5.26 Å². The minimum absolute atomic E-state index is 0.0302. The highest BCUT2D eigenvalue weighted by molar-refractivity contribution is 5.98. The summed E-state index contributed by atoms with van der Waals surface area (Å²) < 4.78 is 5.24. The van der Waals surface area contributed by atoms with E-state index in [4.69, 9.17) is 9.68 Å². The fourth-order valence-electron chi connectivity index (χ4n) is 4.01. The number of nitrogens with zero attached hydrogens (tertiary/aromatic N) is 3. The molecule has 1 unspecified atom stereocenters. The molecular weight excluding hydrogens is 330 g/mol. The summed E-state index contributed by atoms with van der Waals surface area (Å²) in [5.74, 6) is 0.665. The van der Waals surface area contributed by atoms with Crippen molar-refractivity contribution in [3.8, 4) is 6.07 Å². The maximum atomic E-state index is 12.7. The number of benzene rings is 1. The lowest BCUT2D eigenvalue weighted by molar-refractivity contribution is -0.117. The van der Waals surface area contributed by atoms with Crippen LogP contribution < -0.4 is 4.90 Å². The molecule has 2 amide bonds. The van der Waals surface area contributed by atoms with E-state index in [-0.39, 0.29) is 17.2 Å². The summed E-state index contributed by atoms with van der Waals surface area (Å²) in [5.41, 5.74) is 1.78. The van der Waals surface area contributed by atoms with Gasteiger partial charge in [-0.15, -0.1) is 0 Å². The summed E-state index contributed by atoms with van der Waals surface area (Å²) in [7, 11) is 0. The number of amides is 2. The number of anilines is 1. The van der Waals surface area contributed by atoms with Gasteiger partial charge in [0.1, 0.15) is 5.76 Å². The number of likely N-dealkylation sites (tertiary alicyclic amines) is 1. The molecule has 3 heterocycles. The molecule has 2 fully saturated rings. The van der Waals surface area contributed by atoms with Gasteiger partial charge in [0.2, 0.25) is 5.91 Å². The fourth-order valence-corrected chi connectivity index (χ4v) is 4.01. The number of nitriles is 1. The van der Waals surface area contributed by atoms with Crippen LogP contribution in [0.4, 0.5) is 5.69 Å². The Balaban J connectivity index is 1.50. The highest BCUT2D eigenvalue weighted by Gasteiger charge is 2.49. The number of carbonyl (C=O) groups is 2. The second kappa shape index (κ2) is 6.03. The van der Waals surface area contributed by atoms with Crippen LogP contribution >= 0.6 is 0 Å². The van der Waals surface area contributed by atoms with Gasteiger partial charge in [-0.25, -0.2) is 0 Å². The highest BCUT2D eigenvalue weighted by Crippen LogP contribution is 2.42. The van der Waals surface area contributed by atoms with Gasteiger partial charge in [-0.2, -0.15) is 5.26 Å². The summed E-state index contributed by atoms with van der Waals surface area (Å²) in [4.78, 5) is 28.9. The third-order valence-electron chi connectivity index (χ3n) is 5.44. The fraction of sp³-hybridized carbons (Fsp3) is 0.350. The molecule has 4 rings (SSSR count). The van der Waals surface area contributed by atoms with Crippen molar-refractivity contribution in [3.63, 3.8) is 0 Å². The SMILES string of the molecule is Cc1occc1C(=O)N1CCC2(CC(=O)N(c3ccc(C#N)cc3)C2)C1. The highest BCUT2D eigenvalue weighted by atomic mass is 16.3. The van der Waals surface area contributed by atoms with E-state index in [9.17, 15) is 9.59 Å². The monoisotopic (exact) mass is 349 g/mol. The van der Waals surface area contributed by atoms with E-state index in [0.717, 1.165) is 12.1 Å². The number of hydrogen-bond acceptors (Lipinski definition) is 4. The van der Waals surface area contributed by atoms with Crippen molar-refractivity contribution in [2.75, 3.05) is 24.5 Å². The van der Waals surface area contributed by atoms with Crippen molar-refractivity contribution in [2.24, 2.45) is 5.41 Å². The first-order chi connectivity index (χ1) is 12.5. The zero-order chi connectivity index (χ0) is 18.3. The molecule has 0 radical (unpaired) electrons. The molecule has 2 aliphatic rings. The topological polar surface area (TPSA) is 77.6 Å². The molecule has 0 saturated carbocycles. The molecule has 132 valence electrons. The molecule has 1 aromatic carbocycles. The molecular formula is C20H19N3O3. The Kier molecular flexibility index (Phi) is 3.80. The van der Waals surface area contributed by atoms with E-state index < -0.39 is 0 Å². The lowest BCUT2D eigenvalue weighted by Crippen LogP contribution is -2.34. The van der Waals surface area contributed by atoms with Crippen LogP contribution in [0.25, 0.3) is 0 Å². The van der Waals surface area contributed by atoms with E-state index in [2.05, 4.69) is 6.07 Å². The van der Waals surface area contributed by atoms with Crippen molar-refractivity contribution < 1.29 is 14.0 Å². The standard InChI is InChI=1S/C20H19N3O3/c1-14-17(6-9-26-14)19(25)22-8-7-20(12-22)10-18(24)23(13-20)16-4-2-15(11-21)3-5-16/h2-6,9H,7-8,10,12-13H2,1H3. The van der Waals surface area contributed by atoms with Crippen LogP contribution in [-0.4, -0.2) is 36.3 Å². The molecule has 0 bridgehead atoms. The molecule has 6 nitrogen and oxygen atoms in total. The number of furan rings is 1. The molecule has 26 heavy (non-hydrogen) atoms. The minimum Gasteiger partial charge on any atom is -0.469 e. The summed E-state index contributed by atoms with van der Waals surface area (Å²) >= 11 is 0. The Hall–Kier alpha value is -3.07. The zero-order valence-corrected chi connectivity index (χ0v) is 14.6. The largest absolute Gasteiger partial charge is 0.469 e. The van der Waals surface area contributed by atoms with E-state index in [1.807, 2.05) is 17.0 Å².